The predicted molar refractivity (Wildman–Crippen MR) is 67.4 cm³/mol. The van der Waals surface area contributed by atoms with Crippen molar-refractivity contribution >= 4 is 21.8 Å². The molecule has 1 atom stereocenters. The minimum atomic E-state index is -0.513. The summed E-state index contributed by atoms with van der Waals surface area (Å²) in [6.07, 6.45) is 0. The third-order valence-electron chi connectivity index (χ3n) is 2.81. The molecule has 0 aliphatic carbocycles. The Morgan fingerprint density at radius 2 is 2.39 bits per heavy atom. The molecule has 0 aromatic heterocycles. The Bertz CT molecular complexity index is 515. The Balaban J connectivity index is 2.30. The minimum absolute atomic E-state index is 0.247. The normalized spacial score (nSPS) is 19.4. The molecule has 18 heavy (non-hydrogen) atoms. The van der Waals surface area contributed by atoms with Crippen molar-refractivity contribution in [3.8, 4) is 6.07 Å². The van der Waals surface area contributed by atoms with Gasteiger partial charge in [0.25, 0.3) is 5.91 Å². The SMILES string of the molecule is N#CC1CNCCN1C(=O)c1cc(F)ccc1Br. The highest BCUT2D eigenvalue weighted by molar-refractivity contribution is 9.10. The molecule has 0 bridgehead atoms. The van der Waals surface area contributed by atoms with E-state index in [1.165, 1.54) is 23.1 Å². The zero-order valence-electron chi connectivity index (χ0n) is 9.49. The summed E-state index contributed by atoms with van der Waals surface area (Å²) in [4.78, 5) is 13.8. The van der Waals surface area contributed by atoms with Gasteiger partial charge in [0.1, 0.15) is 11.9 Å². The number of carbonyl (C=O) groups excluding carboxylic acids is 1. The summed E-state index contributed by atoms with van der Waals surface area (Å²) in [6, 6.07) is 5.51. The lowest BCUT2D eigenvalue weighted by atomic mass is 10.1. The highest BCUT2D eigenvalue weighted by Crippen LogP contribution is 2.21. The number of hydrogen-bond acceptors (Lipinski definition) is 3. The first-order valence-corrected chi connectivity index (χ1v) is 6.29. The van der Waals surface area contributed by atoms with E-state index in [-0.39, 0.29) is 11.5 Å². The fourth-order valence-electron chi connectivity index (χ4n) is 1.88. The molecule has 6 heteroatoms. The molecule has 1 aliphatic rings. The average molecular weight is 312 g/mol. The fraction of sp³-hybridized carbons (Fsp3) is 0.333. The molecule has 1 fully saturated rings. The second-order valence-corrected chi connectivity index (χ2v) is 4.83. The predicted octanol–water partition coefficient (Wildman–Crippen LogP) is 1.53. The number of benzene rings is 1. The number of halogens is 2. The van der Waals surface area contributed by atoms with Crippen molar-refractivity contribution in [1.29, 1.82) is 5.26 Å². The monoisotopic (exact) mass is 311 g/mol. The number of nitrogens with one attached hydrogen (secondary N) is 1. The molecule has 2 rings (SSSR count). The van der Waals surface area contributed by atoms with Gasteiger partial charge in [0, 0.05) is 24.1 Å². The van der Waals surface area contributed by atoms with Crippen LogP contribution in [0, 0.1) is 17.1 Å². The third-order valence-corrected chi connectivity index (χ3v) is 3.50. The van der Waals surface area contributed by atoms with Gasteiger partial charge < -0.3 is 10.2 Å². The molecule has 1 aromatic carbocycles. The van der Waals surface area contributed by atoms with E-state index in [0.717, 1.165) is 0 Å². The maximum absolute atomic E-state index is 13.2. The van der Waals surface area contributed by atoms with Gasteiger partial charge in [-0.3, -0.25) is 4.79 Å². The summed E-state index contributed by atoms with van der Waals surface area (Å²) in [7, 11) is 0. The molecule has 1 saturated heterocycles. The quantitative estimate of drug-likeness (QED) is 0.855. The van der Waals surface area contributed by atoms with Crippen LogP contribution in [-0.4, -0.2) is 36.5 Å². The third kappa shape index (κ3) is 2.52. The van der Waals surface area contributed by atoms with E-state index in [0.29, 0.717) is 24.1 Å². The second-order valence-electron chi connectivity index (χ2n) is 3.97. The molecule has 1 amide bonds. The van der Waals surface area contributed by atoms with Gasteiger partial charge in [-0.15, -0.1) is 0 Å². The topological polar surface area (TPSA) is 56.1 Å². The molecule has 94 valence electrons. The molecule has 0 radical (unpaired) electrons. The van der Waals surface area contributed by atoms with Crippen molar-refractivity contribution in [2.45, 2.75) is 6.04 Å². The van der Waals surface area contributed by atoms with Crippen molar-refractivity contribution < 1.29 is 9.18 Å². The zero-order chi connectivity index (χ0) is 13.1. The summed E-state index contributed by atoms with van der Waals surface area (Å²) in [5.41, 5.74) is 0.247. The van der Waals surface area contributed by atoms with Gasteiger partial charge in [-0.05, 0) is 34.1 Å². The fourth-order valence-corrected chi connectivity index (χ4v) is 2.30. The van der Waals surface area contributed by atoms with Crippen LogP contribution in [0.4, 0.5) is 4.39 Å². The molecule has 0 saturated carbocycles. The Hall–Kier alpha value is -1.45. The average Bonchev–Trinajstić information content (AvgIpc) is 2.40. The number of nitriles is 1. The lowest BCUT2D eigenvalue weighted by Crippen LogP contribution is -2.53. The van der Waals surface area contributed by atoms with E-state index in [2.05, 4.69) is 27.3 Å². The Morgan fingerprint density at radius 1 is 1.61 bits per heavy atom. The summed E-state index contributed by atoms with van der Waals surface area (Å²) in [5.74, 6) is -0.792. The van der Waals surface area contributed by atoms with Crippen molar-refractivity contribution in [3.05, 3.63) is 34.1 Å². The molecule has 1 aliphatic heterocycles. The van der Waals surface area contributed by atoms with Gasteiger partial charge in [-0.25, -0.2) is 4.39 Å². The lowest BCUT2D eigenvalue weighted by Gasteiger charge is -2.32. The van der Waals surface area contributed by atoms with Crippen molar-refractivity contribution in [2.75, 3.05) is 19.6 Å². The minimum Gasteiger partial charge on any atom is -0.320 e. The van der Waals surface area contributed by atoms with E-state index in [4.69, 9.17) is 5.26 Å². The maximum atomic E-state index is 13.2. The van der Waals surface area contributed by atoms with Gasteiger partial charge in [-0.2, -0.15) is 5.26 Å². The summed E-state index contributed by atoms with van der Waals surface area (Å²) >= 11 is 3.23. The Labute approximate surface area is 113 Å². The molecule has 1 N–H and O–H groups in total. The number of hydrogen-bond donors (Lipinski definition) is 1. The maximum Gasteiger partial charge on any atom is 0.256 e. The van der Waals surface area contributed by atoms with Gasteiger partial charge >= 0.3 is 0 Å². The summed E-state index contributed by atoms with van der Waals surface area (Å²) < 4.78 is 13.7. The Morgan fingerprint density at radius 3 is 3.11 bits per heavy atom. The van der Waals surface area contributed by atoms with Crippen molar-refractivity contribution in [3.63, 3.8) is 0 Å². The first-order valence-electron chi connectivity index (χ1n) is 5.50. The molecule has 0 spiro atoms. The number of amides is 1. The molecular weight excluding hydrogens is 301 g/mol. The number of carbonyl (C=O) groups is 1. The van der Waals surface area contributed by atoms with Crippen LogP contribution in [0.2, 0.25) is 0 Å². The van der Waals surface area contributed by atoms with Gasteiger partial charge in [0.05, 0.1) is 11.6 Å². The van der Waals surface area contributed by atoms with Crippen LogP contribution in [0.15, 0.2) is 22.7 Å². The van der Waals surface area contributed by atoms with Gasteiger partial charge in [0.15, 0.2) is 0 Å². The molecule has 1 heterocycles. The smallest absolute Gasteiger partial charge is 0.256 e. The van der Waals surface area contributed by atoms with Crippen LogP contribution < -0.4 is 5.32 Å². The summed E-state index contributed by atoms with van der Waals surface area (Å²) in [5, 5.41) is 12.1. The highest BCUT2D eigenvalue weighted by Gasteiger charge is 2.28. The number of piperazine rings is 1. The Kier molecular flexibility index (Phi) is 3.94. The van der Waals surface area contributed by atoms with E-state index in [9.17, 15) is 9.18 Å². The van der Waals surface area contributed by atoms with Crippen molar-refractivity contribution in [2.24, 2.45) is 0 Å². The summed E-state index contributed by atoms with van der Waals surface area (Å²) in [6.45, 7) is 1.52. The van der Waals surface area contributed by atoms with Crippen LogP contribution in [-0.2, 0) is 0 Å². The van der Waals surface area contributed by atoms with Crippen LogP contribution in [0.1, 0.15) is 10.4 Å². The van der Waals surface area contributed by atoms with E-state index in [1.54, 1.807) is 0 Å². The standard InChI is InChI=1S/C12H11BrFN3O/c13-11-2-1-8(14)5-10(11)12(18)17-4-3-16-7-9(17)6-15/h1-2,5,9,16H,3-4,7H2. The van der Waals surface area contributed by atoms with Gasteiger partial charge in [0.2, 0.25) is 0 Å². The molecule has 1 unspecified atom stereocenters. The first kappa shape index (κ1) is 13.0. The molecule has 4 nitrogen and oxygen atoms in total. The second kappa shape index (κ2) is 5.46. The van der Waals surface area contributed by atoms with Crippen LogP contribution in [0.5, 0.6) is 0 Å². The largest absolute Gasteiger partial charge is 0.320 e. The highest BCUT2D eigenvalue weighted by atomic mass is 79.9. The van der Waals surface area contributed by atoms with Crippen molar-refractivity contribution in [1.82, 2.24) is 10.2 Å². The van der Waals surface area contributed by atoms with Gasteiger partial charge in [-0.1, -0.05) is 0 Å². The first-order chi connectivity index (χ1) is 8.63. The number of nitrogens with zero attached hydrogens (tertiary/aromatic N) is 2. The van der Waals surface area contributed by atoms with E-state index >= 15 is 0 Å². The van der Waals surface area contributed by atoms with Crippen LogP contribution in [0.3, 0.4) is 0 Å². The van der Waals surface area contributed by atoms with E-state index in [1.807, 2.05) is 0 Å². The molecular formula is C12H11BrFN3O. The number of rotatable bonds is 1. The van der Waals surface area contributed by atoms with Crippen LogP contribution >= 0.6 is 15.9 Å². The zero-order valence-corrected chi connectivity index (χ0v) is 11.1. The van der Waals surface area contributed by atoms with Crippen LogP contribution in [0.25, 0.3) is 0 Å². The lowest BCUT2D eigenvalue weighted by molar-refractivity contribution is 0.0685. The van der Waals surface area contributed by atoms with E-state index < -0.39 is 11.9 Å². The molecule has 1 aromatic rings.